The van der Waals surface area contributed by atoms with Crippen molar-refractivity contribution in [2.24, 2.45) is 0 Å². The molecule has 1 aliphatic rings. The summed E-state index contributed by atoms with van der Waals surface area (Å²) < 4.78 is 13.8. The maximum Gasteiger partial charge on any atom is 0.335 e. The van der Waals surface area contributed by atoms with Gasteiger partial charge in [0.25, 0.3) is 0 Å². The van der Waals surface area contributed by atoms with E-state index in [-0.39, 0.29) is 61.3 Å². The summed E-state index contributed by atoms with van der Waals surface area (Å²) in [6.07, 6.45) is 0. The SMILES string of the molecule is Nc1ccc(Nc2[nH+]c(Cl)nc(F)c2Cl)c2c1C(=O)c1ccccc1C2=O. The van der Waals surface area contributed by atoms with Crippen LogP contribution in [0.5, 0.6) is 0 Å². The van der Waals surface area contributed by atoms with Gasteiger partial charge in [-0.05, 0) is 23.7 Å². The van der Waals surface area contributed by atoms with Crippen LogP contribution in [0.25, 0.3) is 0 Å². The Morgan fingerprint density at radius 2 is 1.63 bits per heavy atom. The van der Waals surface area contributed by atoms with Crippen molar-refractivity contribution in [2.45, 2.75) is 0 Å². The topological polar surface area (TPSA) is 99.2 Å². The Hall–Kier alpha value is -3.03. The molecule has 0 amide bonds. The third kappa shape index (κ3) is 2.72. The number of aromatic nitrogens is 2. The van der Waals surface area contributed by atoms with Gasteiger partial charge >= 0.3 is 11.2 Å². The fourth-order valence-electron chi connectivity index (χ4n) is 3.00. The molecule has 4 rings (SSSR count). The lowest BCUT2D eigenvalue weighted by Gasteiger charge is -2.20. The van der Waals surface area contributed by atoms with Crippen LogP contribution in [0.15, 0.2) is 36.4 Å². The zero-order valence-electron chi connectivity index (χ0n) is 13.4. The van der Waals surface area contributed by atoms with Gasteiger partial charge in [0.1, 0.15) is 5.69 Å². The minimum Gasteiger partial charge on any atom is -0.398 e. The highest BCUT2D eigenvalue weighted by atomic mass is 35.5. The van der Waals surface area contributed by atoms with E-state index in [4.69, 9.17) is 28.9 Å². The smallest absolute Gasteiger partial charge is 0.335 e. The van der Waals surface area contributed by atoms with Crippen LogP contribution in [0.1, 0.15) is 31.8 Å². The number of aromatic amines is 1. The molecule has 1 heterocycles. The molecule has 9 heteroatoms. The summed E-state index contributed by atoms with van der Waals surface area (Å²) in [6.45, 7) is 0. The van der Waals surface area contributed by atoms with Crippen molar-refractivity contribution in [3.05, 3.63) is 74.9 Å². The predicted molar refractivity (Wildman–Crippen MR) is 98.2 cm³/mol. The lowest BCUT2D eigenvalue weighted by atomic mass is 9.82. The molecular formula is C18H10Cl2FN4O2+. The molecule has 3 aromatic rings. The Balaban J connectivity index is 1.91. The van der Waals surface area contributed by atoms with Crippen LogP contribution in [0.2, 0.25) is 10.3 Å². The van der Waals surface area contributed by atoms with E-state index in [2.05, 4.69) is 15.3 Å². The average Bonchev–Trinajstić information content (AvgIpc) is 2.65. The van der Waals surface area contributed by atoms with Gasteiger partial charge in [-0.1, -0.05) is 40.9 Å². The van der Waals surface area contributed by atoms with E-state index in [1.165, 1.54) is 12.1 Å². The van der Waals surface area contributed by atoms with Crippen molar-refractivity contribution in [3.63, 3.8) is 0 Å². The second-order valence-corrected chi connectivity index (χ2v) is 6.52. The van der Waals surface area contributed by atoms with E-state index in [0.717, 1.165) is 0 Å². The van der Waals surface area contributed by atoms with Crippen molar-refractivity contribution in [3.8, 4) is 0 Å². The molecule has 0 radical (unpaired) electrons. The average molecular weight is 404 g/mol. The number of carbonyl (C=O) groups excluding carboxylic acids is 2. The first-order chi connectivity index (χ1) is 12.9. The number of fused-ring (bicyclic) bond motifs is 2. The quantitative estimate of drug-likeness (QED) is 0.303. The number of nitrogens with zero attached hydrogens (tertiary/aromatic N) is 1. The van der Waals surface area contributed by atoms with E-state index in [1.807, 2.05) is 0 Å². The maximum atomic E-state index is 13.8. The third-order valence-electron chi connectivity index (χ3n) is 4.19. The minimum absolute atomic E-state index is 0.0137. The standard InChI is InChI=1S/C18H9Cl2FN4O2/c19-13-16(21)24-18(20)25-17(13)23-10-6-5-9(22)11-12(10)15(27)8-4-2-1-3-7(8)14(11)26/h1-6H,22H2,(H,23,24,25)/p+1. The van der Waals surface area contributed by atoms with Gasteiger partial charge in [0.05, 0.1) is 11.1 Å². The van der Waals surface area contributed by atoms with Gasteiger partial charge < -0.3 is 5.73 Å². The molecule has 0 unspecified atom stereocenters. The van der Waals surface area contributed by atoms with E-state index in [9.17, 15) is 14.0 Å². The summed E-state index contributed by atoms with van der Waals surface area (Å²) in [5.41, 5.74) is 7.06. The molecule has 0 spiro atoms. The Bertz CT molecular complexity index is 1150. The van der Waals surface area contributed by atoms with Gasteiger partial charge in [0.2, 0.25) is 5.82 Å². The van der Waals surface area contributed by atoms with Crippen LogP contribution >= 0.6 is 23.2 Å². The van der Waals surface area contributed by atoms with Crippen molar-refractivity contribution in [1.82, 2.24) is 4.98 Å². The molecule has 134 valence electrons. The second kappa shape index (κ2) is 6.29. The number of carbonyl (C=O) groups is 2. The maximum absolute atomic E-state index is 13.8. The van der Waals surface area contributed by atoms with E-state index >= 15 is 0 Å². The molecule has 0 atom stereocenters. The number of anilines is 3. The molecule has 0 aliphatic heterocycles. The normalized spacial score (nSPS) is 12.6. The molecule has 0 fully saturated rings. The number of nitrogens with one attached hydrogen (secondary N) is 2. The number of benzene rings is 2. The van der Waals surface area contributed by atoms with Gasteiger partial charge in [0.15, 0.2) is 16.6 Å². The fourth-order valence-corrected chi connectivity index (χ4v) is 3.30. The van der Waals surface area contributed by atoms with Crippen molar-refractivity contribution < 1.29 is 19.0 Å². The summed E-state index contributed by atoms with van der Waals surface area (Å²) in [5.74, 6) is -1.75. The largest absolute Gasteiger partial charge is 0.398 e. The number of nitrogen functional groups attached to an aromatic ring is 1. The monoisotopic (exact) mass is 403 g/mol. The fraction of sp³-hybridized carbons (Fsp3) is 0. The first-order valence-electron chi connectivity index (χ1n) is 7.70. The van der Waals surface area contributed by atoms with Gasteiger partial charge in [-0.25, -0.2) is 4.98 Å². The molecular weight excluding hydrogens is 394 g/mol. The molecule has 27 heavy (non-hydrogen) atoms. The van der Waals surface area contributed by atoms with Crippen LogP contribution < -0.4 is 16.0 Å². The molecule has 4 N–H and O–H groups in total. The van der Waals surface area contributed by atoms with Crippen LogP contribution in [0.3, 0.4) is 0 Å². The van der Waals surface area contributed by atoms with E-state index < -0.39 is 5.95 Å². The van der Waals surface area contributed by atoms with Gasteiger partial charge in [-0.2, -0.15) is 4.39 Å². The van der Waals surface area contributed by atoms with Crippen molar-refractivity contribution >= 4 is 52.0 Å². The highest BCUT2D eigenvalue weighted by Gasteiger charge is 2.34. The molecule has 0 saturated carbocycles. The van der Waals surface area contributed by atoms with E-state index in [1.54, 1.807) is 24.3 Å². The molecule has 1 aromatic heterocycles. The zero-order valence-corrected chi connectivity index (χ0v) is 15.0. The van der Waals surface area contributed by atoms with Crippen molar-refractivity contribution in [2.75, 3.05) is 11.1 Å². The number of rotatable bonds is 2. The van der Waals surface area contributed by atoms with Gasteiger partial charge in [-0.3, -0.25) is 14.9 Å². The van der Waals surface area contributed by atoms with Crippen LogP contribution in [0, 0.1) is 5.95 Å². The molecule has 1 aliphatic carbocycles. The number of H-pyrrole nitrogens is 1. The lowest BCUT2D eigenvalue weighted by molar-refractivity contribution is -0.363. The minimum atomic E-state index is -0.986. The number of hydrogen-bond donors (Lipinski definition) is 2. The van der Waals surface area contributed by atoms with Crippen LogP contribution in [-0.2, 0) is 0 Å². The molecule has 0 bridgehead atoms. The first kappa shape index (κ1) is 17.4. The molecule has 0 saturated heterocycles. The zero-order chi connectivity index (χ0) is 19.3. The highest BCUT2D eigenvalue weighted by Crippen LogP contribution is 2.36. The van der Waals surface area contributed by atoms with Crippen LogP contribution in [0.4, 0.5) is 21.6 Å². The number of nitrogens with two attached hydrogens (primary N) is 1. The first-order valence-corrected chi connectivity index (χ1v) is 8.46. The van der Waals surface area contributed by atoms with E-state index in [0.29, 0.717) is 0 Å². The number of hydrogen-bond acceptors (Lipinski definition) is 5. The Labute approximate surface area is 162 Å². The Kier molecular flexibility index (Phi) is 4.05. The van der Waals surface area contributed by atoms with Gasteiger partial charge in [0, 0.05) is 16.8 Å². The number of ketones is 2. The Morgan fingerprint density at radius 3 is 2.30 bits per heavy atom. The molecule has 6 nitrogen and oxygen atoms in total. The predicted octanol–water partition coefficient (Wildman–Crippen LogP) is 3.44. The number of halogens is 3. The Morgan fingerprint density at radius 1 is 1.00 bits per heavy atom. The van der Waals surface area contributed by atoms with Gasteiger partial charge in [-0.15, -0.1) is 0 Å². The highest BCUT2D eigenvalue weighted by molar-refractivity contribution is 6.34. The summed E-state index contributed by atoms with van der Waals surface area (Å²) in [5, 5.41) is 2.22. The third-order valence-corrected chi connectivity index (χ3v) is 4.72. The summed E-state index contributed by atoms with van der Waals surface area (Å²) in [6, 6.07) is 9.45. The summed E-state index contributed by atoms with van der Waals surface area (Å²) in [7, 11) is 0. The summed E-state index contributed by atoms with van der Waals surface area (Å²) in [4.78, 5) is 31.8. The second-order valence-electron chi connectivity index (χ2n) is 5.79. The lowest BCUT2D eigenvalue weighted by Crippen LogP contribution is -2.24. The molecule has 2 aromatic carbocycles. The summed E-state index contributed by atoms with van der Waals surface area (Å²) >= 11 is 11.6. The van der Waals surface area contributed by atoms with Crippen molar-refractivity contribution in [1.29, 1.82) is 0 Å². The van der Waals surface area contributed by atoms with Crippen LogP contribution in [-0.4, -0.2) is 16.6 Å².